The number of nitrogens with one attached hydrogen (secondary N) is 4. The van der Waals surface area contributed by atoms with Crippen molar-refractivity contribution >= 4 is 56.7 Å². The second-order valence-corrected chi connectivity index (χ2v) is 16.1. The minimum absolute atomic E-state index is 0.0247. The zero-order chi connectivity index (χ0) is 42.1. The molecular formula is C41H46FN5O9S. The number of hydrogen-bond acceptors (Lipinski definition) is 8. The van der Waals surface area contributed by atoms with Crippen LogP contribution in [0.5, 0.6) is 0 Å². The van der Waals surface area contributed by atoms with E-state index in [1.807, 2.05) is 0 Å². The van der Waals surface area contributed by atoms with Crippen LogP contribution in [-0.2, 0) is 30.8 Å². The summed E-state index contributed by atoms with van der Waals surface area (Å²) in [5, 5.41) is 31.8. The summed E-state index contributed by atoms with van der Waals surface area (Å²) in [6.45, 7) is 5.10. The lowest BCUT2D eigenvalue weighted by Gasteiger charge is -2.28. The number of aromatic carboxylic acids is 1. The monoisotopic (exact) mass is 803 g/mol. The predicted molar refractivity (Wildman–Crippen MR) is 214 cm³/mol. The molecule has 0 saturated heterocycles. The Kier molecular flexibility index (Phi) is 14.3. The molecule has 0 fully saturated rings. The molecule has 4 aromatic rings. The lowest BCUT2D eigenvalue weighted by molar-refractivity contribution is -0.136. The van der Waals surface area contributed by atoms with Crippen molar-refractivity contribution in [3.63, 3.8) is 0 Å². The zero-order valence-corrected chi connectivity index (χ0v) is 32.9. The zero-order valence-electron chi connectivity index (χ0n) is 32.1. The van der Waals surface area contributed by atoms with Crippen LogP contribution in [0.4, 0.5) is 21.5 Å². The van der Waals surface area contributed by atoms with E-state index >= 15 is 0 Å². The molecule has 0 heterocycles. The molecule has 57 heavy (non-hydrogen) atoms. The highest BCUT2D eigenvalue weighted by molar-refractivity contribution is 7.92. The summed E-state index contributed by atoms with van der Waals surface area (Å²) in [7, 11) is -2.57. The lowest BCUT2D eigenvalue weighted by Crippen LogP contribution is -2.49. The van der Waals surface area contributed by atoms with E-state index in [2.05, 4.69) is 21.3 Å². The smallest absolute Gasteiger partial charge is 0.335 e. The fraction of sp³-hybridized carbons (Fsp3) is 0.293. The van der Waals surface area contributed by atoms with Gasteiger partial charge in [-0.1, -0.05) is 56.3 Å². The molecule has 14 nitrogen and oxygen atoms in total. The van der Waals surface area contributed by atoms with Crippen molar-refractivity contribution < 1.29 is 47.0 Å². The highest BCUT2D eigenvalue weighted by atomic mass is 32.2. The number of hydrogen-bond donors (Lipinski definition) is 6. The number of sulfonamides is 1. The summed E-state index contributed by atoms with van der Waals surface area (Å²) in [5.74, 6) is -4.76. The Bertz CT molecular complexity index is 2200. The van der Waals surface area contributed by atoms with Gasteiger partial charge in [-0.2, -0.15) is 0 Å². The van der Waals surface area contributed by atoms with E-state index in [0.717, 1.165) is 10.6 Å². The van der Waals surface area contributed by atoms with Crippen LogP contribution in [0, 0.1) is 11.7 Å². The van der Waals surface area contributed by atoms with Gasteiger partial charge in [0, 0.05) is 36.8 Å². The van der Waals surface area contributed by atoms with Crippen molar-refractivity contribution in [1.82, 2.24) is 10.6 Å². The van der Waals surface area contributed by atoms with Crippen LogP contribution in [0.2, 0.25) is 0 Å². The predicted octanol–water partition coefficient (Wildman–Crippen LogP) is 4.88. The first kappa shape index (κ1) is 43.6. The van der Waals surface area contributed by atoms with Crippen molar-refractivity contribution in [2.75, 3.05) is 28.2 Å². The Morgan fingerprint density at radius 3 is 2.02 bits per heavy atom. The Morgan fingerprint density at radius 2 is 1.44 bits per heavy atom. The van der Waals surface area contributed by atoms with Gasteiger partial charge in [0.15, 0.2) is 0 Å². The molecule has 0 radical (unpaired) electrons. The van der Waals surface area contributed by atoms with Gasteiger partial charge in [-0.05, 0) is 85.0 Å². The topological polar surface area (TPSA) is 211 Å². The van der Waals surface area contributed by atoms with Gasteiger partial charge < -0.3 is 31.5 Å². The fourth-order valence-corrected chi connectivity index (χ4v) is 6.27. The molecule has 0 saturated carbocycles. The van der Waals surface area contributed by atoms with E-state index in [-0.39, 0.29) is 34.8 Å². The molecular weight excluding hydrogens is 758 g/mol. The molecule has 302 valence electrons. The number of benzene rings is 4. The number of carboxylic acids is 1. The highest BCUT2D eigenvalue weighted by Crippen LogP contribution is 2.28. The first-order valence-corrected chi connectivity index (χ1v) is 19.8. The summed E-state index contributed by atoms with van der Waals surface area (Å²) in [5.41, 5.74) is -0.759. The second-order valence-electron chi connectivity index (χ2n) is 14.1. The second kappa shape index (κ2) is 18.7. The molecule has 4 aromatic carbocycles. The number of amides is 4. The number of nitrogens with zero attached hydrogens (tertiary/aromatic N) is 1. The van der Waals surface area contributed by atoms with Crippen LogP contribution in [0.3, 0.4) is 0 Å². The normalized spacial score (nSPS) is 13.4. The highest BCUT2D eigenvalue weighted by Gasteiger charge is 2.37. The van der Waals surface area contributed by atoms with Crippen molar-refractivity contribution in [2.24, 2.45) is 5.92 Å². The van der Waals surface area contributed by atoms with Gasteiger partial charge in [0.2, 0.25) is 21.8 Å². The van der Waals surface area contributed by atoms with Crippen LogP contribution in [-0.4, -0.2) is 73.2 Å². The summed E-state index contributed by atoms with van der Waals surface area (Å²) in [4.78, 5) is 65.2. The van der Waals surface area contributed by atoms with Crippen molar-refractivity contribution in [1.29, 1.82) is 0 Å². The Balaban J connectivity index is 1.57. The summed E-state index contributed by atoms with van der Waals surface area (Å²) < 4.78 is 39.4. The number of carbonyl (C=O) groups excluding carboxylic acids is 4. The SMILES string of the molecule is CC(C)[C@H](NC(=O)CCC(O)(Cc1ccccc1)C(=O)Nc1cc(C(=O)N[C@H](C)c2ccc(F)cc2)cc(N(C)S(C)(=O)=O)c1)C(=O)Nc1ccc(C(=O)O)cc1. The number of carbonyl (C=O) groups is 5. The molecule has 0 aromatic heterocycles. The fourth-order valence-electron chi connectivity index (χ4n) is 5.78. The van der Waals surface area contributed by atoms with E-state index in [9.17, 15) is 41.9 Å². The number of rotatable bonds is 17. The maximum absolute atomic E-state index is 14.1. The number of halogens is 1. The molecule has 1 unspecified atom stereocenters. The number of anilines is 3. The Morgan fingerprint density at radius 1 is 0.807 bits per heavy atom. The minimum Gasteiger partial charge on any atom is -0.478 e. The Hall–Kier alpha value is -6.13. The van der Waals surface area contributed by atoms with E-state index in [4.69, 9.17) is 5.11 Å². The first-order chi connectivity index (χ1) is 26.7. The largest absolute Gasteiger partial charge is 0.478 e. The average Bonchev–Trinajstić information content (AvgIpc) is 3.16. The van der Waals surface area contributed by atoms with Crippen LogP contribution in [0.1, 0.15) is 71.5 Å². The molecule has 0 aliphatic heterocycles. The van der Waals surface area contributed by atoms with Gasteiger partial charge >= 0.3 is 5.97 Å². The lowest BCUT2D eigenvalue weighted by atomic mass is 9.88. The van der Waals surface area contributed by atoms with Crippen LogP contribution < -0.4 is 25.6 Å². The molecule has 16 heteroatoms. The summed E-state index contributed by atoms with van der Waals surface area (Å²) in [6, 6.07) is 21.9. The number of carboxylic acid groups (broad SMARTS) is 1. The van der Waals surface area contributed by atoms with Gasteiger partial charge in [-0.3, -0.25) is 23.5 Å². The molecule has 0 aliphatic rings. The maximum atomic E-state index is 14.1. The molecule has 6 N–H and O–H groups in total. The standard InChI is InChI=1S/C41H46FN5O9S/c1-25(2)36(38(50)44-32-17-13-29(14-18-32)39(51)52)46-35(48)19-20-41(54,24-27-9-7-6-8-10-27)40(53)45-33-21-30(22-34(23-33)47(4)57(5,55)56)37(49)43-26(3)28-11-15-31(42)16-12-28/h6-18,21-23,25-26,36,54H,19-20,24H2,1-5H3,(H,43,49)(H,44,50)(H,45,53)(H,46,48)(H,51,52)/t26-,36+,41?/m1/s1. The van der Waals surface area contributed by atoms with Gasteiger partial charge in [0.05, 0.1) is 23.5 Å². The van der Waals surface area contributed by atoms with Gasteiger partial charge in [0.1, 0.15) is 17.5 Å². The van der Waals surface area contributed by atoms with Crippen molar-refractivity contribution in [2.45, 2.75) is 57.7 Å². The molecule has 4 amide bonds. The minimum atomic E-state index is -3.84. The maximum Gasteiger partial charge on any atom is 0.335 e. The number of aliphatic hydroxyl groups is 1. The van der Waals surface area contributed by atoms with E-state index in [1.54, 1.807) is 51.1 Å². The quantitative estimate of drug-likeness (QED) is 0.0858. The Labute approximate surface area is 330 Å². The average molecular weight is 804 g/mol. The molecule has 3 atom stereocenters. The van der Waals surface area contributed by atoms with Crippen LogP contribution in [0.25, 0.3) is 0 Å². The molecule has 0 aliphatic carbocycles. The molecule has 4 rings (SSSR count). The molecule has 0 bridgehead atoms. The van der Waals surface area contributed by atoms with Crippen LogP contribution >= 0.6 is 0 Å². The van der Waals surface area contributed by atoms with E-state index in [0.29, 0.717) is 16.8 Å². The van der Waals surface area contributed by atoms with E-state index in [1.165, 1.54) is 73.8 Å². The molecule has 0 spiro atoms. The van der Waals surface area contributed by atoms with Gasteiger partial charge in [-0.15, -0.1) is 0 Å². The van der Waals surface area contributed by atoms with Crippen molar-refractivity contribution in [3.8, 4) is 0 Å². The van der Waals surface area contributed by atoms with Gasteiger partial charge in [-0.25, -0.2) is 17.6 Å². The third kappa shape index (κ3) is 12.2. The third-order valence-corrected chi connectivity index (χ3v) is 10.4. The summed E-state index contributed by atoms with van der Waals surface area (Å²) >= 11 is 0. The van der Waals surface area contributed by atoms with Crippen molar-refractivity contribution in [3.05, 3.63) is 125 Å². The first-order valence-electron chi connectivity index (χ1n) is 17.9. The van der Waals surface area contributed by atoms with E-state index < -0.39 is 76.0 Å². The third-order valence-electron chi connectivity index (χ3n) is 9.21. The summed E-state index contributed by atoms with van der Waals surface area (Å²) in [6.07, 6.45) is -0.0798. The van der Waals surface area contributed by atoms with Gasteiger partial charge in [0.25, 0.3) is 11.8 Å². The van der Waals surface area contributed by atoms with Crippen LogP contribution in [0.15, 0.2) is 97.1 Å².